The fourth-order valence-corrected chi connectivity index (χ4v) is 3.43. The number of halogens is 2. The molecule has 1 aromatic carbocycles. The summed E-state index contributed by atoms with van der Waals surface area (Å²) < 4.78 is 15.9. The van der Waals surface area contributed by atoms with Gasteiger partial charge in [0.2, 0.25) is 5.91 Å². The molecule has 1 atom stereocenters. The van der Waals surface area contributed by atoms with E-state index in [4.69, 9.17) is 5.73 Å². The standard InChI is InChI=1S/C19H16BrFN6O2/c20-11-1-6-17-24-13(10-26(17)9-11)8-23-19(29)15-7-16(18(22)28)27(25-15)14-4-2-12(21)3-5-14/h1-6,9-10,16H,7-8H2,(H2,22,28)(H,23,29). The van der Waals surface area contributed by atoms with Gasteiger partial charge in [0, 0.05) is 23.3 Å². The molecule has 8 nitrogen and oxygen atoms in total. The summed E-state index contributed by atoms with van der Waals surface area (Å²) in [6, 6.07) is 8.38. The van der Waals surface area contributed by atoms with Crippen LogP contribution in [0.15, 0.2) is 58.4 Å². The van der Waals surface area contributed by atoms with Gasteiger partial charge in [0.05, 0.1) is 17.9 Å². The SMILES string of the molecule is NC(=O)C1CC(C(=O)NCc2cn3cc(Br)ccc3n2)=NN1c1ccc(F)cc1. The van der Waals surface area contributed by atoms with Crippen LogP contribution in [0.1, 0.15) is 12.1 Å². The Balaban J connectivity index is 1.48. The average Bonchev–Trinajstić information content (AvgIpc) is 3.30. The Morgan fingerprint density at radius 3 is 2.69 bits per heavy atom. The van der Waals surface area contributed by atoms with E-state index in [0.29, 0.717) is 11.4 Å². The lowest BCUT2D eigenvalue weighted by molar-refractivity contribution is -0.119. The third-order valence-corrected chi connectivity index (χ3v) is 4.96. The zero-order valence-electron chi connectivity index (χ0n) is 15.0. The normalized spacial score (nSPS) is 16.1. The predicted molar refractivity (Wildman–Crippen MR) is 109 cm³/mol. The Kier molecular flexibility index (Phi) is 5.01. The second-order valence-corrected chi connectivity index (χ2v) is 7.43. The van der Waals surface area contributed by atoms with Crippen molar-refractivity contribution < 1.29 is 14.0 Å². The fourth-order valence-electron chi connectivity index (χ4n) is 3.08. The van der Waals surface area contributed by atoms with Crippen LogP contribution in [0.25, 0.3) is 5.65 Å². The maximum Gasteiger partial charge on any atom is 0.267 e. The highest BCUT2D eigenvalue weighted by Gasteiger charge is 2.34. The summed E-state index contributed by atoms with van der Waals surface area (Å²) in [6.45, 7) is 0.203. The molecule has 0 bridgehead atoms. The average molecular weight is 459 g/mol. The number of nitrogens with one attached hydrogen (secondary N) is 1. The molecule has 3 N–H and O–H groups in total. The van der Waals surface area contributed by atoms with E-state index in [9.17, 15) is 14.0 Å². The Labute approximate surface area is 173 Å². The number of nitrogens with two attached hydrogens (primary N) is 1. The van der Waals surface area contributed by atoms with Gasteiger partial charge in [0.25, 0.3) is 5.91 Å². The van der Waals surface area contributed by atoms with Gasteiger partial charge >= 0.3 is 0 Å². The molecule has 0 saturated heterocycles. The fraction of sp³-hybridized carbons (Fsp3) is 0.158. The van der Waals surface area contributed by atoms with Crippen molar-refractivity contribution in [2.45, 2.75) is 19.0 Å². The molecule has 2 aromatic heterocycles. The van der Waals surface area contributed by atoms with Crippen LogP contribution < -0.4 is 16.1 Å². The molecule has 29 heavy (non-hydrogen) atoms. The molecule has 3 aromatic rings. The molecule has 0 radical (unpaired) electrons. The van der Waals surface area contributed by atoms with Gasteiger partial charge in [-0.05, 0) is 52.3 Å². The van der Waals surface area contributed by atoms with Crippen LogP contribution in [-0.2, 0) is 16.1 Å². The summed E-state index contributed by atoms with van der Waals surface area (Å²) in [6.07, 6.45) is 3.75. The number of pyridine rings is 1. The van der Waals surface area contributed by atoms with Gasteiger partial charge in [0.1, 0.15) is 23.2 Å². The minimum atomic E-state index is -0.811. The van der Waals surface area contributed by atoms with Gasteiger partial charge in [-0.15, -0.1) is 0 Å². The molecular formula is C19H16BrFN6O2. The van der Waals surface area contributed by atoms with E-state index >= 15 is 0 Å². The van der Waals surface area contributed by atoms with Gasteiger partial charge < -0.3 is 15.5 Å². The van der Waals surface area contributed by atoms with Crippen LogP contribution in [-0.4, -0.2) is 33.0 Å². The monoisotopic (exact) mass is 458 g/mol. The van der Waals surface area contributed by atoms with Crippen LogP contribution in [0.3, 0.4) is 0 Å². The molecule has 0 saturated carbocycles. The van der Waals surface area contributed by atoms with Crippen molar-refractivity contribution in [1.29, 1.82) is 0 Å². The van der Waals surface area contributed by atoms with Gasteiger partial charge in [-0.1, -0.05) is 0 Å². The summed E-state index contributed by atoms with van der Waals surface area (Å²) in [5.41, 5.74) is 7.54. The quantitative estimate of drug-likeness (QED) is 0.609. The van der Waals surface area contributed by atoms with E-state index in [2.05, 4.69) is 31.3 Å². The molecule has 3 heterocycles. The number of nitrogens with zero attached hydrogens (tertiary/aromatic N) is 4. The van der Waals surface area contributed by atoms with Crippen molar-refractivity contribution in [2.24, 2.45) is 10.8 Å². The van der Waals surface area contributed by atoms with Crippen molar-refractivity contribution in [3.05, 3.63) is 64.8 Å². The summed E-state index contributed by atoms with van der Waals surface area (Å²) >= 11 is 3.40. The molecule has 148 valence electrons. The molecule has 1 unspecified atom stereocenters. The van der Waals surface area contributed by atoms with Crippen LogP contribution in [0.5, 0.6) is 0 Å². The molecule has 0 fully saturated rings. The highest BCUT2D eigenvalue weighted by atomic mass is 79.9. The summed E-state index contributed by atoms with van der Waals surface area (Å²) in [4.78, 5) is 28.8. The summed E-state index contributed by atoms with van der Waals surface area (Å²) in [5.74, 6) is -1.45. The Hall–Kier alpha value is -3.27. The molecule has 10 heteroatoms. The van der Waals surface area contributed by atoms with Gasteiger partial charge in [0.15, 0.2) is 0 Å². The zero-order chi connectivity index (χ0) is 20.5. The van der Waals surface area contributed by atoms with Crippen molar-refractivity contribution in [3.8, 4) is 0 Å². The predicted octanol–water partition coefficient (Wildman–Crippen LogP) is 1.97. The van der Waals surface area contributed by atoms with Crippen LogP contribution in [0.2, 0.25) is 0 Å². The van der Waals surface area contributed by atoms with Gasteiger partial charge in [-0.25, -0.2) is 9.37 Å². The molecule has 1 aliphatic heterocycles. The van der Waals surface area contributed by atoms with Gasteiger partial charge in [-0.3, -0.25) is 14.6 Å². The number of imidazole rings is 1. The first-order valence-electron chi connectivity index (χ1n) is 8.73. The second-order valence-electron chi connectivity index (χ2n) is 6.52. The summed E-state index contributed by atoms with van der Waals surface area (Å²) in [5, 5.41) is 8.35. The number of hydrogen-bond donors (Lipinski definition) is 2. The zero-order valence-corrected chi connectivity index (χ0v) is 16.6. The maximum atomic E-state index is 13.2. The number of amides is 2. The number of carbonyl (C=O) groups excluding carboxylic acids is 2. The van der Waals surface area contributed by atoms with Crippen molar-refractivity contribution in [1.82, 2.24) is 14.7 Å². The van der Waals surface area contributed by atoms with E-state index in [1.54, 1.807) is 0 Å². The van der Waals surface area contributed by atoms with E-state index < -0.39 is 23.7 Å². The third kappa shape index (κ3) is 3.97. The maximum absolute atomic E-state index is 13.2. The lowest BCUT2D eigenvalue weighted by Crippen LogP contribution is -2.39. The summed E-state index contributed by atoms with van der Waals surface area (Å²) in [7, 11) is 0. The van der Waals surface area contributed by atoms with E-state index in [-0.39, 0.29) is 18.7 Å². The highest BCUT2D eigenvalue weighted by molar-refractivity contribution is 9.10. The first-order valence-corrected chi connectivity index (χ1v) is 9.53. The molecule has 4 rings (SSSR count). The Morgan fingerprint density at radius 1 is 1.21 bits per heavy atom. The number of hydrogen-bond acceptors (Lipinski definition) is 5. The number of aromatic nitrogens is 2. The molecule has 1 aliphatic rings. The number of benzene rings is 1. The van der Waals surface area contributed by atoms with Crippen LogP contribution in [0.4, 0.5) is 10.1 Å². The van der Waals surface area contributed by atoms with Crippen LogP contribution in [0, 0.1) is 5.82 Å². The first-order chi connectivity index (χ1) is 13.9. The number of anilines is 1. The number of fused-ring (bicyclic) bond motifs is 1. The number of hydrazone groups is 1. The molecule has 0 aliphatic carbocycles. The lowest BCUT2D eigenvalue weighted by Gasteiger charge is -2.20. The van der Waals surface area contributed by atoms with E-state index in [1.165, 1.54) is 29.3 Å². The van der Waals surface area contributed by atoms with Crippen molar-refractivity contribution >= 4 is 44.8 Å². The largest absolute Gasteiger partial charge is 0.368 e. The number of carbonyl (C=O) groups is 2. The second kappa shape index (κ2) is 7.63. The number of rotatable bonds is 5. The van der Waals surface area contributed by atoms with Crippen LogP contribution >= 0.6 is 15.9 Å². The third-order valence-electron chi connectivity index (χ3n) is 4.49. The highest BCUT2D eigenvalue weighted by Crippen LogP contribution is 2.25. The van der Waals surface area contributed by atoms with Gasteiger partial charge in [-0.2, -0.15) is 5.10 Å². The van der Waals surface area contributed by atoms with E-state index in [1.807, 2.05) is 28.9 Å². The molecular weight excluding hydrogens is 443 g/mol. The van der Waals surface area contributed by atoms with E-state index in [0.717, 1.165) is 10.1 Å². The molecule has 0 spiro atoms. The lowest BCUT2D eigenvalue weighted by atomic mass is 10.1. The Morgan fingerprint density at radius 2 is 1.97 bits per heavy atom. The smallest absolute Gasteiger partial charge is 0.267 e. The first kappa shape index (κ1) is 19.1. The Bertz CT molecular complexity index is 1130. The van der Waals surface area contributed by atoms with Crippen molar-refractivity contribution in [3.63, 3.8) is 0 Å². The minimum absolute atomic E-state index is 0.0661. The molecule has 2 amide bonds. The topological polar surface area (TPSA) is 105 Å². The van der Waals surface area contributed by atoms with Crippen molar-refractivity contribution in [2.75, 3.05) is 5.01 Å². The minimum Gasteiger partial charge on any atom is -0.368 e. The number of primary amides is 1.